The normalized spacial score (nSPS) is 9.92. The van der Waals surface area contributed by atoms with Gasteiger partial charge in [0.1, 0.15) is 0 Å². The summed E-state index contributed by atoms with van der Waals surface area (Å²) in [5, 5.41) is 2.78. The molecule has 0 radical (unpaired) electrons. The average Bonchev–Trinajstić information content (AvgIpc) is 2.57. The number of rotatable bonds is 5. The summed E-state index contributed by atoms with van der Waals surface area (Å²) >= 11 is 0. The van der Waals surface area contributed by atoms with Crippen LogP contribution in [0.25, 0.3) is 0 Å². The van der Waals surface area contributed by atoms with Crippen LogP contribution in [-0.4, -0.2) is 23.6 Å². The Morgan fingerprint density at radius 2 is 2.08 bits per heavy atom. The van der Waals surface area contributed by atoms with Crippen molar-refractivity contribution in [1.82, 2.24) is 9.88 Å². The molecule has 0 aliphatic heterocycles. The molecule has 0 atom stereocenters. The van der Waals surface area contributed by atoms with E-state index in [1.807, 2.05) is 29.1 Å². The van der Waals surface area contributed by atoms with E-state index in [4.69, 9.17) is 5.73 Å². The third-order valence-electron chi connectivity index (χ3n) is 1.73. The molecule has 0 aliphatic rings. The van der Waals surface area contributed by atoms with Gasteiger partial charge in [-0.3, -0.25) is 4.79 Å². The maximum Gasteiger partial charge on any atom is 0.221 e. The Balaban J connectivity index is 2.11. The molecule has 0 aliphatic carbocycles. The second-order valence-corrected chi connectivity index (χ2v) is 2.81. The van der Waals surface area contributed by atoms with Gasteiger partial charge < -0.3 is 15.6 Å². The number of carbonyl (C=O) groups excluding carboxylic acids is 1. The Morgan fingerprint density at radius 3 is 2.69 bits per heavy atom. The van der Waals surface area contributed by atoms with Crippen LogP contribution in [-0.2, 0) is 11.3 Å². The summed E-state index contributed by atoms with van der Waals surface area (Å²) in [5.41, 5.74) is 5.23. The van der Waals surface area contributed by atoms with Crippen LogP contribution in [0.15, 0.2) is 24.5 Å². The molecular weight excluding hydrogens is 166 g/mol. The molecule has 13 heavy (non-hydrogen) atoms. The number of nitrogens with one attached hydrogen (secondary N) is 1. The Hall–Kier alpha value is -1.29. The minimum absolute atomic E-state index is 0.0228. The lowest BCUT2D eigenvalue weighted by atomic mass is 10.4. The monoisotopic (exact) mass is 181 g/mol. The van der Waals surface area contributed by atoms with Crippen LogP contribution in [0.5, 0.6) is 0 Å². The summed E-state index contributed by atoms with van der Waals surface area (Å²) in [6, 6.07) is 3.92. The van der Waals surface area contributed by atoms with E-state index in [9.17, 15) is 4.79 Å². The lowest BCUT2D eigenvalue weighted by Gasteiger charge is -2.04. The predicted octanol–water partition coefficient (Wildman–Crippen LogP) is -0.0469. The van der Waals surface area contributed by atoms with E-state index in [-0.39, 0.29) is 5.91 Å². The van der Waals surface area contributed by atoms with Crippen LogP contribution in [0.4, 0.5) is 0 Å². The first-order valence-electron chi connectivity index (χ1n) is 4.40. The SMILES string of the molecule is NCCC(=O)NCCn1cccc1. The quantitative estimate of drug-likeness (QED) is 0.669. The molecular formula is C9H15N3O. The summed E-state index contributed by atoms with van der Waals surface area (Å²) in [7, 11) is 0. The van der Waals surface area contributed by atoms with Crippen molar-refractivity contribution in [1.29, 1.82) is 0 Å². The van der Waals surface area contributed by atoms with E-state index < -0.39 is 0 Å². The molecule has 0 bridgehead atoms. The van der Waals surface area contributed by atoms with Gasteiger partial charge in [-0.05, 0) is 12.1 Å². The Bertz CT molecular complexity index is 243. The Kier molecular flexibility index (Phi) is 4.05. The Morgan fingerprint density at radius 1 is 1.38 bits per heavy atom. The Labute approximate surface area is 77.7 Å². The van der Waals surface area contributed by atoms with Crippen molar-refractivity contribution in [2.45, 2.75) is 13.0 Å². The summed E-state index contributed by atoms with van der Waals surface area (Å²) in [4.78, 5) is 11.0. The molecule has 3 N–H and O–H groups in total. The molecule has 72 valence electrons. The zero-order chi connectivity index (χ0) is 9.52. The van der Waals surface area contributed by atoms with Gasteiger partial charge >= 0.3 is 0 Å². The second-order valence-electron chi connectivity index (χ2n) is 2.81. The number of nitrogens with zero attached hydrogens (tertiary/aromatic N) is 1. The first-order valence-corrected chi connectivity index (χ1v) is 4.40. The number of amides is 1. The van der Waals surface area contributed by atoms with Gasteiger partial charge in [-0.25, -0.2) is 0 Å². The van der Waals surface area contributed by atoms with Crippen LogP contribution >= 0.6 is 0 Å². The fourth-order valence-electron chi connectivity index (χ4n) is 1.06. The van der Waals surface area contributed by atoms with Crippen molar-refractivity contribution < 1.29 is 4.79 Å². The molecule has 0 saturated heterocycles. The minimum atomic E-state index is 0.0228. The molecule has 1 aromatic rings. The molecule has 0 saturated carbocycles. The smallest absolute Gasteiger partial charge is 0.221 e. The van der Waals surface area contributed by atoms with E-state index in [1.165, 1.54) is 0 Å². The lowest BCUT2D eigenvalue weighted by Crippen LogP contribution is -2.28. The van der Waals surface area contributed by atoms with E-state index in [0.29, 0.717) is 19.5 Å². The molecule has 0 spiro atoms. The molecule has 0 unspecified atom stereocenters. The zero-order valence-corrected chi connectivity index (χ0v) is 7.57. The van der Waals surface area contributed by atoms with Crippen molar-refractivity contribution in [2.75, 3.05) is 13.1 Å². The second kappa shape index (κ2) is 5.37. The zero-order valence-electron chi connectivity index (χ0n) is 7.57. The van der Waals surface area contributed by atoms with Crippen LogP contribution in [0.1, 0.15) is 6.42 Å². The number of hydrogen-bond donors (Lipinski definition) is 2. The molecule has 1 rings (SSSR count). The molecule has 1 amide bonds. The maximum atomic E-state index is 11.0. The highest BCUT2D eigenvalue weighted by molar-refractivity contribution is 5.75. The number of nitrogens with two attached hydrogens (primary N) is 1. The van der Waals surface area contributed by atoms with Gasteiger partial charge in [-0.2, -0.15) is 0 Å². The molecule has 1 heterocycles. The van der Waals surface area contributed by atoms with Gasteiger partial charge in [0.15, 0.2) is 0 Å². The highest BCUT2D eigenvalue weighted by atomic mass is 16.1. The summed E-state index contributed by atoms with van der Waals surface area (Å²) in [5.74, 6) is 0.0228. The molecule has 1 aromatic heterocycles. The molecule has 0 fully saturated rings. The predicted molar refractivity (Wildman–Crippen MR) is 51.1 cm³/mol. The highest BCUT2D eigenvalue weighted by Crippen LogP contribution is 1.88. The van der Waals surface area contributed by atoms with Crippen LogP contribution in [0, 0.1) is 0 Å². The van der Waals surface area contributed by atoms with Gasteiger partial charge in [0, 0.05) is 38.4 Å². The van der Waals surface area contributed by atoms with Crippen LogP contribution in [0.3, 0.4) is 0 Å². The topological polar surface area (TPSA) is 60.1 Å². The number of carbonyl (C=O) groups is 1. The molecule has 4 nitrogen and oxygen atoms in total. The minimum Gasteiger partial charge on any atom is -0.354 e. The fraction of sp³-hybridized carbons (Fsp3) is 0.444. The van der Waals surface area contributed by atoms with Crippen LogP contribution in [0.2, 0.25) is 0 Å². The van der Waals surface area contributed by atoms with E-state index >= 15 is 0 Å². The van der Waals surface area contributed by atoms with Crippen molar-refractivity contribution in [3.63, 3.8) is 0 Å². The first-order chi connectivity index (χ1) is 6.33. The largest absolute Gasteiger partial charge is 0.354 e. The fourth-order valence-corrected chi connectivity index (χ4v) is 1.06. The third kappa shape index (κ3) is 3.75. The molecule has 0 aromatic carbocycles. The first kappa shape index (κ1) is 9.80. The van der Waals surface area contributed by atoms with Crippen molar-refractivity contribution >= 4 is 5.91 Å². The van der Waals surface area contributed by atoms with Crippen molar-refractivity contribution in [3.8, 4) is 0 Å². The van der Waals surface area contributed by atoms with Gasteiger partial charge in [-0.1, -0.05) is 0 Å². The van der Waals surface area contributed by atoms with Crippen molar-refractivity contribution in [2.24, 2.45) is 5.73 Å². The summed E-state index contributed by atoms with van der Waals surface area (Å²) in [6.07, 6.45) is 4.34. The summed E-state index contributed by atoms with van der Waals surface area (Å²) in [6.45, 7) is 1.88. The van der Waals surface area contributed by atoms with Crippen LogP contribution < -0.4 is 11.1 Å². The van der Waals surface area contributed by atoms with E-state index in [0.717, 1.165) is 6.54 Å². The average molecular weight is 181 g/mol. The van der Waals surface area contributed by atoms with E-state index in [2.05, 4.69) is 5.32 Å². The van der Waals surface area contributed by atoms with Gasteiger partial charge in [0.2, 0.25) is 5.91 Å². The standard InChI is InChI=1S/C9H15N3O/c10-4-3-9(13)11-5-8-12-6-1-2-7-12/h1-2,6-7H,3-5,8,10H2,(H,11,13). The van der Waals surface area contributed by atoms with Gasteiger partial charge in [-0.15, -0.1) is 0 Å². The number of hydrogen-bond acceptors (Lipinski definition) is 2. The third-order valence-corrected chi connectivity index (χ3v) is 1.73. The van der Waals surface area contributed by atoms with Crippen molar-refractivity contribution in [3.05, 3.63) is 24.5 Å². The van der Waals surface area contributed by atoms with E-state index in [1.54, 1.807) is 0 Å². The van der Waals surface area contributed by atoms with Gasteiger partial charge in [0.05, 0.1) is 0 Å². The molecule has 4 heteroatoms. The summed E-state index contributed by atoms with van der Waals surface area (Å²) < 4.78 is 2.02. The lowest BCUT2D eigenvalue weighted by molar-refractivity contribution is -0.120. The maximum absolute atomic E-state index is 11.0. The number of aromatic nitrogens is 1. The van der Waals surface area contributed by atoms with Gasteiger partial charge in [0.25, 0.3) is 0 Å². The highest BCUT2D eigenvalue weighted by Gasteiger charge is 1.97.